The second-order valence-corrected chi connectivity index (χ2v) is 2.93. The second kappa shape index (κ2) is 5.59. The summed E-state index contributed by atoms with van der Waals surface area (Å²) in [5.74, 6) is 5.89. The predicted octanol–water partition coefficient (Wildman–Crippen LogP) is 0.582. The molecule has 4 heteroatoms. The van der Waals surface area contributed by atoms with Gasteiger partial charge in [0.25, 0.3) is 0 Å². The van der Waals surface area contributed by atoms with Crippen LogP contribution < -0.4 is 16.0 Å². The molecular weight excluding hydrogens is 180 g/mol. The summed E-state index contributed by atoms with van der Waals surface area (Å²) in [7, 11) is 0. The molecule has 4 nitrogen and oxygen atoms in total. The number of rotatable bonds is 5. The monoisotopic (exact) mass is 196 g/mol. The molecule has 0 aliphatic carbocycles. The number of benzene rings is 1. The Kier molecular flexibility index (Phi) is 4.39. The maximum absolute atomic E-state index is 9.62. The number of nitrogens with one attached hydrogen (secondary N) is 1. The summed E-state index contributed by atoms with van der Waals surface area (Å²) in [6.07, 6.45) is -0.597. The molecule has 78 valence electrons. The highest BCUT2D eigenvalue weighted by molar-refractivity contribution is 5.29. The van der Waals surface area contributed by atoms with Gasteiger partial charge in [0.1, 0.15) is 5.75 Å². The Bertz CT molecular complexity index is 279. The number of hydrogen-bond acceptors (Lipinski definition) is 4. The Hall–Kier alpha value is -1.10. The molecule has 0 aliphatic heterocycles. The minimum Gasteiger partial charge on any atom is -0.494 e. The van der Waals surface area contributed by atoms with Crippen LogP contribution in [0.2, 0.25) is 0 Å². The van der Waals surface area contributed by atoms with Crippen molar-refractivity contribution in [2.24, 2.45) is 5.84 Å². The molecule has 0 radical (unpaired) electrons. The Morgan fingerprint density at radius 3 is 3.00 bits per heavy atom. The van der Waals surface area contributed by atoms with Crippen LogP contribution in [0.15, 0.2) is 24.3 Å². The molecule has 0 heterocycles. The van der Waals surface area contributed by atoms with Gasteiger partial charge in [-0.05, 0) is 24.6 Å². The van der Waals surface area contributed by atoms with Crippen molar-refractivity contribution < 1.29 is 9.84 Å². The zero-order valence-electron chi connectivity index (χ0n) is 8.23. The van der Waals surface area contributed by atoms with Gasteiger partial charge in [0.2, 0.25) is 0 Å². The molecule has 0 amide bonds. The fourth-order valence-corrected chi connectivity index (χ4v) is 1.21. The van der Waals surface area contributed by atoms with Crippen LogP contribution >= 0.6 is 0 Å². The van der Waals surface area contributed by atoms with Crippen molar-refractivity contribution in [3.63, 3.8) is 0 Å². The first kappa shape index (κ1) is 11.0. The molecule has 0 fully saturated rings. The van der Waals surface area contributed by atoms with Crippen LogP contribution in [-0.2, 0) is 0 Å². The molecule has 14 heavy (non-hydrogen) atoms. The van der Waals surface area contributed by atoms with Gasteiger partial charge in [-0.15, -0.1) is 0 Å². The van der Waals surface area contributed by atoms with Crippen molar-refractivity contribution >= 4 is 0 Å². The molecule has 0 spiro atoms. The average Bonchev–Trinajstić information content (AvgIpc) is 2.19. The second-order valence-electron chi connectivity index (χ2n) is 2.93. The number of aliphatic hydroxyl groups is 1. The predicted molar refractivity (Wildman–Crippen MR) is 54.8 cm³/mol. The Morgan fingerprint density at radius 2 is 2.36 bits per heavy atom. The molecule has 0 saturated heterocycles. The van der Waals surface area contributed by atoms with Crippen molar-refractivity contribution in [2.75, 3.05) is 13.2 Å². The largest absolute Gasteiger partial charge is 0.494 e. The van der Waals surface area contributed by atoms with Gasteiger partial charge in [0, 0.05) is 6.54 Å². The van der Waals surface area contributed by atoms with Crippen LogP contribution in [-0.4, -0.2) is 18.3 Å². The average molecular weight is 196 g/mol. The molecule has 1 atom stereocenters. The third-order valence-electron chi connectivity index (χ3n) is 1.87. The van der Waals surface area contributed by atoms with Crippen molar-refractivity contribution in [2.45, 2.75) is 13.0 Å². The minimum absolute atomic E-state index is 0.329. The van der Waals surface area contributed by atoms with E-state index >= 15 is 0 Å². The van der Waals surface area contributed by atoms with E-state index in [0.717, 1.165) is 11.3 Å². The van der Waals surface area contributed by atoms with Gasteiger partial charge < -0.3 is 9.84 Å². The molecule has 0 bridgehead atoms. The van der Waals surface area contributed by atoms with E-state index in [1.54, 1.807) is 0 Å². The molecule has 1 unspecified atom stereocenters. The smallest absolute Gasteiger partial charge is 0.119 e. The Morgan fingerprint density at radius 1 is 1.57 bits per heavy atom. The SMILES string of the molecule is CCOc1cccc(C(O)CNN)c1. The third-order valence-corrected chi connectivity index (χ3v) is 1.87. The lowest BCUT2D eigenvalue weighted by molar-refractivity contribution is 0.174. The Labute approximate surface area is 83.7 Å². The van der Waals surface area contributed by atoms with Crippen LogP contribution in [0.5, 0.6) is 5.75 Å². The van der Waals surface area contributed by atoms with E-state index in [-0.39, 0.29) is 0 Å². The topological polar surface area (TPSA) is 67.5 Å². The van der Waals surface area contributed by atoms with Gasteiger partial charge in [0.05, 0.1) is 12.7 Å². The summed E-state index contributed by atoms with van der Waals surface area (Å²) in [5.41, 5.74) is 3.23. The normalized spacial score (nSPS) is 12.5. The summed E-state index contributed by atoms with van der Waals surface area (Å²) in [6.45, 7) is 2.87. The fourth-order valence-electron chi connectivity index (χ4n) is 1.21. The van der Waals surface area contributed by atoms with Gasteiger partial charge in [-0.2, -0.15) is 0 Å². The molecule has 1 aromatic carbocycles. The van der Waals surface area contributed by atoms with Crippen LogP contribution in [0.25, 0.3) is 0 Å². The number of hydrazine groups is 1. The van der Waals surface area contributed by atoms with E-state index in [0.29, 0.717) is 13.2 Å². The molecule has 0 aliphatic rings. The van der Waals surface area contributed by atoms with E-state index < -0.39 is 6.10 Å². The molecular formula is C10H16N2O2. The maximum Gasteiger partial charge on any atom is 0.119 e. The molecule has 1 aromatic rings. The highest BCUT2D eigenvalue weighted by atomic mass is 16.5. The molecule has 0 aromatic heterocycles. The van der Waals surface area contributed by atoms with E-state index in [4.69, 9.17) is 10.6 Å². The lowest BCUT2D eigenvalue weighted by atomic mass is 10.1. The molecule has 1 rings (SSSR count). The van der Waals surface area contributed by atoms with Gasteiger partial charge in [-0.1, -0.05) is 12.1 Å². The highest BCUT2D eigenvalue weighted by Gasteiger charge is 2.06. The van der Waals surface area contributed by atoms with Gasteiger partial charge >= 0.3 is 0 Å². The Balaban J connectivity index is 2.71. The number of hydrogen-bond donors (Lipinski definition) is 3. The minimum atomic E-state index is -0.597. The van der Waals surface area contributed by atoms with Gasteiger partial charge in [-0.3, -0.25) is 11.3 Å². The summed E-state index contributed by atoms with van der Waals surface area (Å²) in [4.78, 5) is 0. The first-order chi connectivity index (χ1) is 6.77. The van der Waals surface area contributed by atoms with E-state index in [1.165, 1.54) is 0 Å². The van der Waals surface area contributed by atoms with E-state index in [1.807, 2.05) is 31.2 Å². The lowest BCUT2D eigenvalue weighted by Gasteiger charge is -2.11. The molecule has 0 saturated carbocycles. The summed E-state index contributed by atoms with van der Waals surface area (Å²) in [6, 6.07) is 7.35. The first-order valence-corrected chi connectivity index (χ1v) is 4.62. The number of aliphatic hydroxyl groups excluding tert-OH is 1. The highest BCUT2D eigenvalue weighted by Crippen LogP contribution is 2.18. The lowest BCUT2D eigenvalue weighted by Crippen LogP contribution is -2.27. The zero-order chi connectivity index (χ0) is 10.4. The van der Waals surface area contributed by atoms with Crippen molar-refractivity contribution in [3.05, 3.63) is 29.8 Å². The summed E-state index contributed by atoms with van der Waals surface area (Å²) >= 11 is 0. The van der Waals surface area contributed by atoms with E-state index in [9.17, 15) is 5.11 Å². The van der Waals surface area contributed by atoms with E-state index in [2.05, 4.69) is 5.43 Å². The van der Waals surface area contributed by atoms with Gasteiger partial charge in [-0.25, -0.2) is 0 Å². The summed E-state index contributed by atoms with van der Waals surface area (Å²) in [5, 5.41) is 9.62. The number of ether oxygens (including phenoxy) is 1. The first-order valence-electron chi connectivity index (χ1n) is 4.62. The van der Waals surface area contributed by atoms with Crippen molar-refractivity contribution in [1.29, 1.82) is 0 Å². The van der Waals surface area contributed by atoms with Crippen LogP contribution in [0, 0.1) is 0 Å². The molecule has 4 N–H and O–H groups in total. The number of nitrogens with two attached hydrogens (primary N) is 1. The van der Waals surface area contributed by atoms with Crippen molar-refractivity contribution in [1.82, 2.24) is 5.43 Å². The maximum atomic E-state index is 9.62. The zero-order valence-corrected chi connectivity index (χ0v) is 8.23. The standard InChI is InChI=1S/C10H16N2O2/c1-2-14-9-5-3-4-8(6-9)10(13)7-12-11/h3-6,10,12-13H,2,7,11H2,1H3. The van der Waals surface area contributed by atoms with Gasteiger partial charge in [0.15, 0.2) is 0 Å². The van der Waals surface area contributed by atoms with Crippen LogP contribution in [0.1, 0.15) is 18.6 Å². The van der Waals surface area contributed by atoms with Crippen molar-refractivity contribution in [3.8, 4) is 5.75 Å². The quantitative estimate of drug-likeness (QED) is 0.476. The third kappa shape index (κ3) is 2.99. The van der Waals surface area contributed by atoms with Crippen LogP contribution in [0.3, 0.4) is 0 Å². The summed E-state index contributed by atoms with van der Waals surface area (Å²) < 4.78 is 5.31. The fraction of sp³-hybridized carbons (Fsp3) is 0.400. The van der Waals surface area contributed by atoms with Crippen LogP contribution in [0.4, 0.5) is 0 Å².